The highest BCUT2D eigenvalue weighted by Crippen LogP contribution is 2.29. The molecule has 0 unspecified atom stereocenters. The van der Waals surface area contributed by atoms with Gasteiger partial charge in [-0.2, -0.15) is 20.2 Å². The first-order valence-corrected chi connectivity index (χ1v) is 11.0. The lowest BCUT2D eigenvalue weighted by Gasteiger charge is -2.13. The van der Waals surface area contributed by atoms with E-state index in [4.69, 9.17) is 9.47 Å². The molecule has 10 nitrogen and oxygen atoms in total. The van der Waals surface area contributed by atoms with Crippen molar-refractivity contribution in [3.63, 3.8) is 0 Å². The Morgan fingerprint density at radius 3 is 1.94 bits per heavy atom. The molecular weight excluding hydrogens is 452 g/mol. The van der Waals surface area contributed by atoms with E-state index in [2.05, 4.69) is 10.2 Å². The number of carbonyl (C=O) groups excluding carboxylic acids is 4. The van der Waals surface area contributed by atoms with E-state index in [1.807, 2.05) is 0 Å². The Bertz CT molecular complexity index is 1250. The lowest BCUT2D eigenvalue weighted by Crippen LogP contribution is -2.31. The first-order chi connectivity index (χ1) is 17.0. The number of rotatable bonds is 7. The molecule has 0 fully saturated rings. The van der Waals surface area contributed by atoms with Crippen molar-refractivity contribution in [2.75, 3.05) is 23.2 Å². The third-order valence-electron chi connectivity index (χ3n) is 5.14. The molecule has 0 spiro atoms. The second kappa shape index (κ2) is 10.1. The van der Waals surface area contributed by atoms with Gasteiger partial charge in [-0.05, 0) is 38.1 Å². The van der Waals surface area contributed by atoms with E-state index in [1.54, 1.807) is 74.5 Å². The van der Waals surface area contributed by atoms with Gasteiger partial charge in [0.1, 0.15) is 5.92 Å². The van der Waals surface area contributed by atoms with E-state index in [0.29, 0.717) is 11.4 Å². The number of esters is 2. The van der Waals surface area contributed by atoms with Gasteiger partial charge in [0.25, 0.3) is 11.8 Å². The van der Waals surface area contributed by atoms with Crippen LogP contribution in [0.4, 0.5) is 11.4 Å². The Balaban J connectivity index is 1.78. The number of hydrazone groups is 2. The molecule has 0 N–H and O–H groups in total. The average molecular weight is 474 g/mol. The van der Waals surface area contributed by atoms with Crippen LogP contribution in [0.15, 0.2) is 82.5 Å². The van der Waals surface area contributed by atoms with Gasteiger partial charge in [-0.25, -0.2) is 9.59 Å². The summed E-state index contributed by atoms with van der Waals surface area (Å²) in [5, 5.41) is 10.5. The zero-order valence-corrected chi connectivity index (χ0v) is 19.1. The van der Waals surface area contributed by atoms with Crippen LogP contribution in [-0.2, 0) is 28.7 Å². The molecule has 4 rings (SSSR count). The minimum absolute atomic E-state index is 0.0599. The SMILES string of the molecule is CCOC(=O)C1=NN(c2ccccc2)C(=O)C1=C[C@@H]1C(=O)N(c2ccccc2)N=C1C(=O)OCC. The summed E-state index contributed by atoms with van der Waals surface area (Å²) in [5.74, 6) is -4.13. The van der Waals surface area contributed by atoms with Gasteiger partial charge in [0.2, 0.25) is 0 Å². The van der Waals surface area contributed by atoms with Crippen LogP contribution < -0.4 is 10.0 Å². The third kappa shape index (κ3) is 4.58. The van der Waals surface area contributed by atoms with Gasteiger partial charge >= 0.3 is 11.9 Å². The summed E-state index contributed by atoms with van der Waals surface area (Å²) in [7, 11) is 0. The predicted molar refractivity (Wildman–Crippen MR) is 128 cm³/mol. The zero-order valence-electron chi connectivity index (χ0n) is 19.1. The van der Waals surface area contributed by atoms with Crippen LogP contribution in [0.2, 0.25) is 0 Å². The molecule has 35 heavy (non-hydrogen) atoms. The molecular formula is C25H22N4O6. The fourth-order valence-electron chi connectivity index (χ4n) is 3.57. The van der Waals surface area contributed by atoms with Crippen molar-refractivity contribution in [2.45, 2.75) is 13.8 Å². The molecule has 0 saturated carbocycles. The van der Waals surface area contributed by atoms with Gasteiger partial charge in [-0.1, -0.05) is 42.5 Å². The lowest BCUT2D eigenvalue weighted by molar-refractivity contribution is -0.136. The molecule has 10 heteroatoms. The van der Waals surface area contributed by atoms with Crippen molar-refractivity contribution >= 4 is 46.6 Å². The number of carbonyl (C=O) groups is 4. The Hall–Kier alpha value is -4.60. The first-order valence-electron chi connectivity index (χ1n) is 11.0. The molecule has 2 aromatic carbocycles. The van der Waals surface area contributed by atoms with E-state index in [0.717, 1.165) is 10.0 Å². The standard InChI is InChI=1S/C25H22N4O6/c1-3-34-24(32)20-18(22(30)28(26-20)16-11-7-5-8-12-16)15-19-21(25(33)35-4-2)27-29(23(19)31)17-13-9-6-10-14-17/h5-15,18H,3-4H2,1-2H3/t18-/m0/s1. The topological polar surface area (TPSA) is 118 Å². The Morgan fingerprint density at radius 1 is 0.829 bits per heavy atom. The second-order valence-electron chi connectivity index (χ2n) is 7.37. The summed E-state index contributed by atoms with van der Waals surface area (Å²) in [6.07, 6.45) is 1.22. The number of nitrogens with zero attached hydrogens (tertiary/aromatic N) is 4. The maximum atomic E-state index is 13.4. The fourth-order valence-corrected chi connectivity index (χ4v) is 3.57. The number of para-hydroxylation sites is 2. The van der Waals surface area contributed by atoms with Crippen molar-refractivity contribution in [3.05, 3.63) is 72.3 Å². The van der Waals surface area contributed by atoms with E-state index < -0.39 is 29.7 Å². The molecule has 2 aromatic rings. The summed E-state index contributed by atoms with van der Waals surface area (Å²) in [5.41, 5.74) is 0.212. The molecule has 0 bridgehead atoms. The highest BCUT2D eigenvalue weighted by molar-refractivity contribution is 6.54. The summed E-state index contributed by atoms with van der Waals surface area (Å²) in [6, 6.07) is 17.0. The maximum Gasteiger partial charge on any atom is 0.359 e. The number of ether oxygens (including phenoxy) is 2. The summed E-state index contributed by atoms with van der Waals surface area (Å²) >= 11 is 0. The van der Waals surface area contributed by atoms with Crippen molar-refractivity contribution < 1.29 is 28.7 Å². The lowest BCUT2D eigenvalue weighted by atomic mass is 9.97. The molecule has 0 radical (unpaired) electrons. The Morgan fingerprint density at radius 2 is 1.37 bits per heavy atom. The fraction of sp³-hybridized carbons (Fsp3) is 0.200. The zero-order chi connectivity index (χ0) is 24.9. The number of anilines is 2. The number of benzene rings is 2. The second-order valence-corrected chi connectivity index (χ2v) is 7.37. The molecule has 0 aliphatic carbocycles. The van der Waals surface area contributed by atoms with Gasteiger partial charge in [0, 0.05) is 0 Å². The maximum absolute atomic E-state index is 13.4. The Labute approximate surface area is 201 Å². The monoisotopic (exact) mass is 474 g/mol. The highest BCUT2D eigenvalue weighted by Gasteiger charge is 2.43. The third-order valence-corrected chi connectivity index (χ3v) is 5.14. The van der Waals surface area contributed by atoms with Crippen molar-refractivity contribution in [3.8, 4) is 0 Å². The molecule has 0 saturated heterocycles. The first kappa shape index (κ1) is 23.6. The van der Waals surface area contributed by atoms with E-state index in [-0.39, 0.29) is 30.2 Å². The summed E-state index contributed by atoms with van der Waals surface area (Å²) in [6.45, 7) is 3.38. The van der Waals surface area contributed by atoms with E-state index in [9.17, 15) is 19.2 Å². The summed E-state index contributed by atoms with van der Waals surface area (Å²) < 4.78 is 10.2. The van der Waals surface area contributed by atoms with Crippen LogP contribution in [0.3, 0.4) is 0 Å². The van der Waals surface area contributed by atoms with Crippen molar-refractivity contribution in [1.29, 1.82) is 0 Å². The molecule has 0 aromatic heterocycles. The van der Waals surface area contributed by atoms with Crippen LogP contribution in [0, 0.1) is 5.92 Å². The summed E-state index contributed by atoms with van der Waals surface area (Å²) in [4.78, 5) is 52.0. The van der Waals surface area contributed by atoms with Crippen LogP contribution >= 0.6 is 0 Å². The van der Waals surface area contributed by atoms with Crippen molar-refractivity contribution in [2.24, 2.45) is 16.1 Å². The van der Waals surface area contributed by atoms with E-state index in [1.165, 1.54) is 6.08 Å². The molecule has 2 amide bonds. The number of amides is 2. The van der Waals surface area contributed by atoms with Crippen LogP contribution in [0.25, 0.3) is 0 Å². The van der Waals surface area contributed by atoms with Crippen LogP contribution in [-0.4, -0.2) is 48.4 Å². The van der Waals surface area contributed by atoms with Gasteiger partial charge < -0.3 is 9.47 Å². The quantitative estimate of drug-likeness (QED) is 0.449. The normalized spacial score (nSPS) is 18.6. The minimum atomic E-state index is -1.27. The predicted octanol–water partition coefficient (Wildman–Crippen LogP) is 2.46. The molecule has 1 atom stereocenters. The number of hydrogen-bond acceptors (Lipinski definition) is 8. The molecule has 2 aliphatic rings. The van der Waals surface area contributed by atoms with Gasteiger partial charge in [0.15, 0.2) is 11.4 Å². The highest BCUT2D eigenvalue weighted by atomic mass is 16.5. The van der Waals surface area contributed by atoms with Crippen LogP contribution in [0.1, 0.15) is 13.8 Å². The van der Waals surface area contributed by atoms with Gasteiger partial charge in [-0.3, -0.25) is 9.59 Å². The van der Waals surface area contributed by atoms with Gasteiger partial charge in [0.05, 0.1) is 30.2 Å². The smallest absolute Gasteiger partial charge is 0.359 e. The number of hydrogen-bond donors (Lipinski definition) is 0. The van der Waals surface area contributed by atoms with Crippen LogP contribution in [0.5, 0.6) is 0 Å². The minimum Gasteiger partial charge on any atom is -0.461 e. The molecule has 2 aliphatic heterocycles. The largest absolute Gasteiger partial charge is 0.461 e. The molecule has 2 heterocycles. The van der Waals surface area contributed by atoms with Gasteiger partial charge in [-0.15, -0.1) is 0 Å². The van der Waals surface area contributed by atoms with Crippen molar-refractivity contribution in [1.82, 2.24) is 0 Å². The Kier molecular flexibility index (Phi) is 6.81. The molecule has 178 valence electrons. The average Bonchev–Trinajstić information content (AvgIpc) is 3.38. The van der Waals surface area contributed by atoms with E-state index >= 15 is 0 Å².